The second-order valence-electron chi connectivity index (χ2n) is 4.21. The van der Waals surface area contributed by atoms with E-state index in [0.717, 1.165) is 30.1 Å². The molecule has 0 aliphatic rings. The van der Waals surface area contributed by atoms with E-state index in [-0.39, 0.29) is 6.04 Å². The highest BCUT2D eigenvalue weighted by Gasteiger charge is 2.19. The fourth-order valence-electron chi connectivity index (χ4n) is 1.90. The van der Waals surface area contributed by atoms with Crippen molar-refractivity contribution in [1.29, 1.82) is 0 Å². The Morgan fingerprint density at radius 1 is 1.53 bits per heavy atom. The van der Waals surface area contributed by atoms with Crippen molar-refractivity contribution >= 4 is 50.1 Å². The molecule has 19 heavy (non-hydrogen) atoms. The molecule has 0 N–H and O–H groups in total. The van der Waals surface area contributed by atoms with Crippen LogP contribution in [0.2, 0.25) is 5.02 Å². The van der Waals surface area contributed by atoms with Gasteiger partial charge in [0.1, 0.15) is 9.45 Å². The van der Waals surface area contributed by atoms with Crippen LogP contribution in [0.15, 0.2) is 22.8 Å². The van der Waals surface area contributed by atoms with Crippen LogP contribution in [0.1, 0.15) is 24.1 Å². The van der Waals surface area contributed by atoms with Gasteiger partial charge in [0, 0.05) is 16.8 Å². The van der Waals surface area contributed by atoms with Gasteiger partial charge in [0.05, 0.1) is 17.6 Å². The van der Waals surface area contributed by atoms with E-state index in [2.05, 4.69) is 50.5 Å². The summed E-state index contributed by atoms with van der Waals surface area (Å²) in [7, 11) is 1.66. The first-order valence-electron chi connectivity index (χ1n) is 5.68. The predicted molar refractivity (Wildman–Crippen MR) is 89.2 cm³/mol. The van der Waals surface area contributed by atoms with Crippen LogP contribution in [0.25, 0.3) is 0 Å². The lowest BCUT2D eigenvalue weighted by molar-refractivity contribution is 0.397. The first-order chi connectivity index (χ1) is 8.95. The number of hydrogen-bond donors (Lipinski definition) is 0. The Labute approximate surface area is 139 Å². The normalized spacial score (nSPS) is 12.5. The molecule has 0 aliphatic heterocycles. The van der Waals surface area contributed by atoms with Crippen LogP contribution < -0.4 is 4.74 Å². The van der Waals surface area contributed by atoms with Gasteiger partial charge in [0.2, 0.25) is 0 Å². The molecule has 0 bridgehead atoms. The van der Waals surface area contributed by atoms with E-state index in [1.54, 1.807) is 7.11 Å². The zero-order valence-corrected chi connectivity index (χ0v) is 15.2. The molecule has 1 heterocycles. The second kappa shape index (κ2) is 6.01. The number of hydrogen-bond acceptors (Lipinski definition) is 2. The molecule has 0 spiro atoms. The molecule has 102 valence electrons. The monoisotopic (exact) mass is 454 g/mol. The summed E-state index contributed by atoms with van der Waals surface area (Å²) in [5.74, 6) is 0.805. The van der Waals surface area contributed by atoms with Gasteiger partial charge >= 0.3 is 0 Å². The number of halogens is 3. The van der Waals surface area contributed by atoms with Gasteiger partial charge in [-0.15, -0.1) is 0 Å². The highest BCUT2D eigenvalue weighted by atomic mass is 127. The number of ether oxygens (including phenoxy) is 1. The van der Waals surface area contributed by atoms with Gasteiger partial charge in [-0.3, -0.25) is 4.68 Å². The van der Waals surface area contributed by atoms with Crippen molar-refractivity contribution < 1.29 is 4.74 Å². The number of benzene rings is 1. The second-order valence-corrected chi connectivity index (χ2v) is 6.52. The smallest absolute Gasteiger partial charge is 0.138 e. The van der Waals surface area contributed by atoms with Gasteiger partial charge in [0.15, 0.2) is 0 Å². The summed E-state index contributed by atoms with van der Waals surface area (Å²) in [4.78, 5) is 0. The van der Waals surface area contributed by atoms with Gasteiger partial charge in [0.25, 0.3) is 0 Å². The SMILES string of the molecule is COc1c(C(C)n2ccc(I)n2)cc(Cl)c(C)c1Br. The first-order valence-corrected chi connectivity index (χ1v) is 7.93. The topological polar surface area (TPSA) is 27.1 Å². The van der Waals surface area contributed by atoms with Crippen molar-refractivity contribution in [2.45, 2.75) is 19.9 Å². The van der Waals surface area contributed by atoms with E-state index >= 15 is 0 Å². The molecular weight excluding hydrogens is 442 g/mol. The summed E-state index contributed by atoms with van der Waals surface area (Å²) in [6.45, 7) is 4.03. The molecule has 0 saturated heterocycles. The standard InChI is InChI=1S/C13H13BrClIN2O/c1-7-10(15)6-9(13(19-3)12(7)14)8(2)18-5-4-11(16)17-18/h4-6,8H,1-3H3. The fraction of sp³-hybridized carbons (Fsp3) is 0.308. The molecule has 1 aromatic carbocycles. The Balaban J connectivity index is 2.55. The zero-order chi connectivity index (χ0) is 14.2. The largest absolute Gasteiger partial charge is 0.495 e. The predicted octanol–water partition coefficient (Wildman–Crippen LogP) is 4.83. The molecule has 1 unspecified atom stereocenters. The van der Waals surface area contributed by atoms with Crippen molar-refractivity contribution in [1.82, 2.24) is 9.78 Å². The summed E-state index contributed by atoms with van der Waals surface area (Å²) in [6, 6.07) is 3.96. The highest BCUT2D eigenvalue weighted by molar-refractivity contribution is 14.1. The molecule has 0 radical (unpaired) electrons. The highest BCUT2D eigenvalue weighted by Crippen LogP contribution is 2.40. The minimum atomic E-state index is 0.0489. The molecule has 2 aromatic rings. The Kier molecular flexibility index (Phi) is 4.79. The van der Waals surface area contributed by atoms with Gasteiger partial charge in [-0.25, -0.2) is 0 Å². The van der Waals surface area contributed by atoms with E-state index in [9.17, 15) is 0 Å². The van der Waals surface area contributed by atoms with Crippen molar-refractivity contribution in [3.63, 3.8) is 0 Å². The van der Waals surface area contributed by atoms with Crippen LogP contribution in [0.3, 0.4) is 0 Å². The van der Waals surface area contributed by atoms with E-state index in [1.807, 2.05) is 29.9 Å². The Bertz CT molecular complexity index is 615. The quantitative estimate of drug-likeness (QED) is 0.620. The number of methoxy groups -OCH3 is 1. The molecule has 0 fully saturated rings. The number of aromatic nitrogens is 2. The Morgan fingerprint density at radius 2 is 2.21 bits per heavy atom. The average Bonchev–Trinajstić information content (AvgIpc) is 2.81. The summed E-state index contributed by atoms with van der Waals surface area (Å²) >= 11 is 12.0. The lowest BCUT2D eigenvalue weighted by Gasteiger charge is -2.19. The van der Waals surface area contributed by atoms with Gasteiger partial charge in [-0.2, -0.15) is 5.10 Å². The third-order valence-electron chi connectivity index (χ3n) is 3.06. The summed E-state index contributed by atoms with van der Waals surface area (Å²) < 4.78 is 9.27. The lowest BCUT2D eigenvalue weighted by atomic mass is 10.0. The zero-order valence-electron chi connectivity index (χ0n) is 10.7. The molecule has 1 aromatic heterocycles. The molecule has 2 rings (SSSR count). The fourth-order valence-corrected chi connectivity index (χ4v) is 3.24. The molecular formula is C13H13BrClIN2O. The molecule has 3 nitrogen and oxygen atoms in total. The minimum absolute atomic E-state index is 0.0489. The maximum atomic E-state index is 6.27. The van der Waals surface area contributed by atoms with E-state index in [1.165, 1.54) is 0 Å². The third kappa shape index (κ3) is 2.92. The van der Waals surface area contributed by atoms with Crippen LogP contribution in [0, 0.1) is 10.6 Å². The van der Waals surface area contributed by atoms with E-state index in [4.69, 9.17) is 16.3 Å². The molecule has 1 atom stereocenters. The van der Waals surface area contributed by atoms with Crippen LogP contribution >= 0.6 is 50.1 Å². The van der Waals surface area contributed by atoms with Gasteiger partial charge in [-0.1, -0.05) is 11.6 Å². The average molecular weight is 456 g/mol. The number of rotatable bonds is 3. The van der Waals surface area contributed by atoms with Crippen molar-refractivity contribution in [2.75, 3.05) is 7.11 Å². The van der Waals surface area contributed by atoms with E-state index in [0.29, 0.717) is 0 Å². The van der Waals surface area contributed by atoms with E-state index < -0.39 is 0 Å². The van der Waals surface area contributed by atoms with Crippen molar-refractivity contribution in [3.05, 3.63) is 42.7 Å². The third-order valence-corrected chi connectivity index (χ3v) is 4.98. The van der Waals surface area contributed by atoms with Crippen LogP contribution in [-0.2, 0) is 0 Å². The van der Waals surface area contributed by atoms with Gasteiger partial charge < -0.3 is 4.74 Å². The summed E-state index contributed by atoms with van der Waals surface area (Å²) in [5.41, 5.74) is 1.98. The molecule has 0 aliphatic carbocycles. The van der Waals surface area contributed by atoms with Crippen LogP contribution in [0.5, 0.6) is 5.75 Å². The lowest BCUT2D eigenvalue weighted by Crippen LogP contribution is -2.10. The summed E-state index contributed by atoms with van der Waals surface area (Å²) in [6.07, 6.45) is 1.95. The minimum Gasteiger partial charge on any atom is -0.495 e. The maximum Gasteiger partial charge on any atom is 0.138 e. The van der Waals surface area contributed by atoms with Crippen LogP contribution in [0.4, 0.5) is 0 Å². The molecule has 0 saturated carbocycles. The maximum absolute atomic E-state index is 6.27. The Hall–Kier alpha value is -0.270. The Morgan fingerprint density at radius 3 is 2.74 bits per heavy atom. The van der Waals surface area contributed by atoms with Crippen molar-refractivity contribution in [3.8, 4) is 5.75 Å². The van der Waals surface area contributed by atoms with Gasteiger partial charge in [-0.05, 0) is 70.1 Å². The van der Waals surface area contributed by atoms with Crippen molar-refractivity contribution in [2.24, 2.45) is 0 Å². The molecule has 6 heteroatoms. The summed E-state index contributed by atoms with van der Waals surface area (Å²) in [5, 5.41) is 5.15. The number of nitrogens with zero attached hydrogens (tertiary/aromatic N) is 2. The molecule has 0 amide bonds. The van der Waals surface area contributed by atoms with Crippen LogP contribution in [-0.4, -0.2) is 16.9 Å². The first kappa shape index (κ1) is 15.1.